The van der Waals surface area contributed by atoms with Gasteiger partial charge in [0, 0.05) is 5.69 Å². The van der Waals surface area contributed by atoms with Gasteiger partial charge in [-0.25, -0.2) is 0 Å². The number of ether oxygens (including phenoxy) is 2. The highest BCUT2D eigenvalue weighted by atomic mass is 35.5. The van der Waals surface area contributed by atoms with Gasteiger partial charge in [-0.1, -0.05) is 54.1 Å². The zero-order valence-electron chi connectivity index (χ0n) is 17.6. The van der Waals surface area contributed by atoms with E-state index in [0.717, 1.165) is 5.56 Å². The third-order valence-corrected chi connectivity index (χ3v) is 5.45. The molecule has 3 aromatic carbocycles. The summed E-state index contributed by atoms with van der Waals surface area (Å²) in [5.74, 6) is 0.454. The molecule has 0 aliphatic carbocycles. The average molecular weight is 449 g/mol. The summed E-state index contributed by atoms with van der Waals surface area (Å²) in [6.45, 7) is 0.145. The molecule has 162 valence electrons. The van der Waals surface area contributed by atoms with Crippen molar-refractivity contribution in [1.82, 2.24) is 4.90 Å². The van der Waals surface area contributed by atoms with Crippen molar-refractivity contribution >= 4 is 34.7 Å². The average Bonchev–Trinajstić information content (AvgIpc) is 3.04. The minimum absolute atomic E-state index is 0.145. The molecule has 0 saturated heterocycles. The highest BCUT2D eigenvalue weighted by Crippen LogP contribution is 2.33. The number of amides is 2. The molecule has 0 aromatic heterocycles. The van der Waals surface area contributed by atoms with Crippen LogP contribution in [0.3, 0.4) is 0 Å². The highest BCUT2D eigenvalue weighted by molar-refractivity contribution is 6.36. The number of methoxy groups -OCH3 is 2. The first-order valence-corrected chi connectivity index (χ1v) is 10.3. The Morgan fingerprint density at radius 2 is 1.59 bits per heavy atom. The maximum atomic E-state index is 13.3. The molecule has 32 heavy (non-hydrogen) atoms. The first-order valence-electron chi connectivity index (χ1n) is 9.91. The van der Waals surface area contributed by atoms with Gasteiger partial charge in [-0.3, -0.25) is 14.5 Å². The lowest BCUT2D eigenvalue weighted by atomic mass is 10.0. The molecule has 4 rings (SSSR count). The maximum Gasteiger partial charge on any atom is 0.278 e. The van der Waals surface area contributed by atoms with Crippen molar-refractivity contribution in [2.75, 3.05) is 19.5 Å². The molecule has 0 bridgehead atoms. The molecule has 3 aromatic rings. The Hall–Kier alpha value is -3.77. The SMILES string of the molecule is COc1ccc(CN2C(=O)C(Nc3ccc(OC)c(Cl)c3)=C(c3ccccc3)C2=O)cc1. The van der Waals surface area contributed by atoms with Crippen molar-refractivity contribution in [1.29, 1.82) is 0 Å². The summed E-state index contributed by atoms with van der Waals surface area (Å²) >= 11 is 6.24. The molecular formula is C25H21ClN2O4. The Kier molecular flexibility index (Phi) is 6.14. The molecule has 0 saturated carbocycles. The maximum absolute atomic E-state index is 13.3. The van der Waals surface area contributed by atoms with Crippen molar-refractivity contribution in [3.05, 3.63) is 94.6 Å². The molecule has 0 radical (unpaired) electrons. The van der Waals surface area contributed by atoms with E-state index in [2.05, 4.69) is 5.32 Å². The zero-order valence-corrected chi connectivity index (χ0v) is 18.3. The summed E-state index contributed by atoms with van der Waals surface area (Å²) in [7, 11) is 3.11. The van der Waals surface area contributed by atoms with Crippen LogP contribution in [0.15, 0.2) is 78.5 Å². The lowest BCUT2D eigenvalue weighted by molar-refractivity contribution is -0.137. The third-order valence-electron chi connectivity index (χ3n) is 5.15. The second kappa shape index (κ2) is 9.16. The summed E-state index contributed by atoms with van der Waals surface area (Å²) in [5.41, 5.74) is 2.57. The normalized spacial score (nSPS) is 13.5. The van der Waals surface area contributed by atoms with Crippen molar-refractivity contribution in [3.8, 4) is 11.5 Å². The fourth-order valence-electron chi connectivity index (χ4n) is 3.51. The van der Waals surface area contributed by atoms with Gasteiger partial charge in [-0.15, -0.1) is 0 Å². The second-order valence-electron chi connectivity index (χ2n) is 7.13. The summed E-state index contributed by atoms with van der Waals surface area (Å²) in [5, 5.41) is 3.50. The van der Waals surface area contributed by atoms with Crippen LogP contribution in [0.1, 0.15) is 11.1 Å². The van der Waals surface area contributed by atoms with Gasteiger partial charge < -0.3 is 14.8 Å². The first kappa shape index (κ1) is 21.5. The number of carbonyl (C=O) groups is 2. The number of benzene rings is 3. The molecule has 7 heteroatoms. The number of carbonyl (C=O) groups excluding carboxylic acids is 2. The third kappa shape index (κ3) is 4.18. The quantitative estimate of drug-likeness (QED) is 0.528. The van der Waals surface area contributed by atoms with E-state index < -0.39 is 5.91 Å². The molecule has 6 nitrogen and oxygen atoms in total. The molecule has 0 atom stereocenters. The Morgan fingerprint density at radius 3 is 2.22 bits per heavy atom. The molecule has 1 heterocycles. The van der Waals surface area contributed by atoms with Crippen molar-refractivity contribution in [3.63, 3.8) is 0 Å². The molecule has 2 amide bonds. The van der Waals surface area contributed by atoms with E-state index in [1.165, 1.54) is 12.0 Å². The lowest BCUT2D eigenvalue weighted by Crippen LogP contribution is -2.32. The fourth-order valence-corrected chi connectivity index (χ4v) is 3.77. The van der Waals surface area contributed by atoms with Gasteiger partial charge in [0.1, 0.15) is 17.2 Å². The van der Waals surface area contributed by atoms with Crippen molar-refractivity contribution < 1.29 is 19.1 Å². The summed E-state index contributed by atoms with van der Waals surface area (Å²) in [6, 6.07) is 21.5. The highest BCUT2D eigenvalue weighted by Gasteiger charge is 2.39. The summed E-state index contributed by atoms with van der Waals surface area (Å²) in [4.78, 5) is 27.9. The van der Waals surface area contributed by atoms with Crippen molar-refractivity contribution in [2.24, 2.45) is 0 Å². The summed E-state index contributed by atoms with van der Waals surface area (Å²) < 4.78 is 10.4. The van der Waals surface area contributed by atoms with E-state index in [4.69, 9.17) is 21.1 Å². The molecule has 0 spiro atoms. The fraction of sp³-hybridized carbons (Fsp3) is 0.120. The van der Waals surface area contributed by atoms with Crippen LogP contribution in [0, 0.1) is 0 Å². The van der Waals surface area contributed by atoms with Gasteiger partial charge >= 0.3 is 0 Å². The molecule has 0 fully saturated rings. The van der Waals surface area contributed by atoms with Gasteiger partial charge in [-0.05, 0) is 41.5 Å². The zero-order chi connectivity index (χ0) is 22.7. The van der Waals surface area contributed by atoms with Gasteiger partial charge in [-0.2, -0.15) is 0 Å². The van der Waals surface area contributed by atoms with Crippen LogP contribution >= 0.6 is 11.6 Å². The van der Waals surface area contributed by atoms with E-state index >= 15 is 0 Å². The van der Waals surface area contributed by atoms with Crippen LogP contribution < -0.4 is 14.8 Å². The number of imide groups is 1. The number of anilines is 1. The topological polar surface area (TPSA) is 67.9 Å². The van der Waals surface area contributed by atoms with Crippen LogP contribution in [-0.2, 0) is 16.1 Å². The monoisotopic (exact) mass is 448 g/mol. The minimum Gasteiger partial charge on any atom is -0.497 e. The van der Waals surface area contributed by atoms with Crippen LogP contribution in [0.5, 0.6) is 11.5 Å². The number of rotatable bonds is 7. The van der Waals surface area contributed by atoms with E-state index in [9.17, 15) is 9.59 Å². The molecule has 1 aliphatic rings. The summed E-state index contributed by atoms with van der Waals surface area (Å²) in [6.07, 6.45) is 0. The number of hydrogen-bond donors (Lipinski definition) is 1. The van der Waals surface area contributed by atoms with E-state index in [-0.39, 0.29) is 18.1 Å². The second-order valence-corrected chi connectivity index (χ2v) is 7.54. The number of halogens is 1. The Bertz CT molecular complexity index is 1190. The minimum atomic E-state index is -0.406. The number of hydrogen-bond acceptors (Lipinski definition) is 5. The van der Waals surface area contributed by atoms with Crippen LogP contribution in [0.25, 0.3) is 5.57 Å². The molecule has 0 unspecified atom stereocenters. The predicted molar refractivity (Wildman–Crippen MR) is 124 cm³/mol. The van der Waals surface area contributed by atoms with Gasteiger partial charge in [0.2, 0.25) is 0 Å². The Morgan fingerprint density at radius 1 is 0.875 bits per heavy atom. The predicted octanol–water partition coefficient (Wildman–Crippen LogP) is 4.75. The number of nitrogens with zero attached hydrogens (tertiary/aromatic N) is 1. The van der Waals surface area contributed by atoms with Gasteiger partial charge in [0.25, 0.3) is 11.8 Å². The molecular weight excluding hydrogens is 428 g/mol. The Labute approximate surface area is 191 Å². The van der Waals surface area contributed by atoms with E-state index in [1.807, 2.05) is 30.3 Å². The van der Waals surface area contributed by atoms with Gasteiger partial charge in [0.15, 0.2) is 0 Å². The molecule has 1 aliphatic heterocycles. The largest absolute Gasteiger partial charge is 0.497 e. The van der Waals surface area contributed by atoms with Gasteiger partial charge in [0.05, 0.1) is 31.4 Å². The number of nitrogens with one attached hydrogen (secondary N) is 1. The van der Waals surface area contributed by atoms with E-state index in [0.29, 0.717) is 33.3 Å². The standard InChI is InChI=1S/C25H21ClN2O4/c1-31-19-11-8-16(9-12-19)15-28-24(29)22(17-6-4-3-5-7-17)23(25(28)30)27-18-10-13-21(32-2)20(26)14-18/h3-14,27H,15H2,1-2H3. The van der Waals surface area contributed by atoms with Crippen molar-refractivity contribution in [2.45, 2.75) is 6.54 Å². The van der Waals surface area contributed by atoms with Crippen LogP contribution in [0.2, 0.25) is 5.02 Å². The first-order chi connectivity index (χ1) is 15.5. The smallest absolute Gasteiger partial charge is 0.278 e. The lowest BCUT2D eigenvalue weighted by Gasteiger charge is -2.16. The molecule has 1 N–H and O–H groups in total. The van der Waals surface area contributed by atoms with Crippen LogP contribution in [0.4, 0.5) is 5.69 Å². The van der Waals surface area contributed by atoms with Crippen LogP contribution in [-0.4, -0.2) is 30.9 Å². The Balaban J connectivity index is 1.69. The van der Waals surface area contributed by atoms with E-state index in [1.54, 1.807) is 49.6 Å².